The van der Waals surface area contributed by atoms with Crippen molar-refractivity contribution < 1.29 is 5.11 Å². The summed E-state index contributed by atoms with van der Waals surface area (Å²) in [6, 6.07) is 19.7. The van der Waals surface area contributed by atoms with Crippen LogP contribution in [0, 0.1) is 11.8 Å². The van der Waals surface area contributed by atoms with E-state index in [0.29, 0.717) is 44.0 Å². The van der Waals surface area contributed by atoms with Crippen molar-refractivity contribution in [3.63, 3.8) is 0 Å². The topological polar surface area (TPSA) is 140 Å². The standard InChI is InChI=1S/C37H38ClN9O2/c1-45(2)21-20-40-19-8-4-3-5-10-25-12-9-14-30-32(25)37(49)46(22-27-11-6-7-13-29(27)38)31(43-30)23-47-36-33(35(39)41-24-42-36)34(44-47)26-15-17-28(48)18-16-26/h6-7,9,11-18,24,40,48H,3-4,8,19-23H2,1-2H3,(H2,39,41,42). The van der Waals surface area contributed by atoms with E-state index in [1.54, 1.807) is 39.6 Å². The molecule has 3 heterocycles. The molecule has 6 rings (SSSR count). The van der Waals surface area contributed by atoms with Gasteiger partial charge in [-0.15, -0.1) is 0 Å². The van der Waals surface area contributed by atoms with Gasteiger partial charge in [0.05, 0.1) is 22.8 Å². The molecule has 0 fully saturated rings. The van der Waals surface area contributed by atoms with Gasteiger partial charge < -0.3 is 21.1 Å². The summed E-state index contributed by atoms with van der Waals surface area (Å²) in [6.07, 6.45) is 4.10. The second-order valence-electron chi connectivity index (χ2n) is 12.0. The summed E-state index contributed by atoms with van der Waals surface area (Å²) in [5.74, 6) is 7.38. The molecule has 3 aromatic carbocycles. The van der Waals surface area contributed by atoms with Gasteiger partial charge in [0.2, 0.25) is 0 Å². The van der Waals surface area contributed by atoms with Gasteiger partial charge in [-0.3, -0.25) is 9.36 Å². The lowest BCUT2D eigenvalue weighted by molar-refractivity contribution is 0.399. The van der Waals surface area contributed by atoms with Gasteiger partial charge in [0.25, 0.3) is 5.56 Å². The van der Waals surface area contributed by atoms with Crippen LogP contribution in [0.1, 0.15) is 36.2 Å². The van der Waals surface area contributed by atoms with Crippen LogP contribution in [0.3, 0.4) is 0 Å². The zero-order valence-electron chi connectivity index (χ0n) is 27.5. The summed E-state index contributed by atoms with van der Waals surface area (Å²) in [4.78, 5) is 30.3. The number of likely N-dealkylation sites (N-methyl/N-ethyl adjacent to an activating group) is 1. The summed E-state index contributed by atoms with van der Waals surface area (Å²) >= 11 is 6.59. The lowest BCUT2D eigenvalue weighted by Crippen LogP contribution is -2.28. The molecule has 250 valence electrons. The highest BCUT2D eigenvalue weighted by atomic mass is 35.5. The smallest absolute Gasteiger partial charge is 0.263 e. The Kier molecular flexibility index (Phi) is 10.5. The molecule has 49 heavy (non-hydrogen) atoms. The van der Waals surface area contributed by atoms with Gasteiger partial charge in [0, 0.05) is 35.7 Å². The van der Waals surface area contributed by atoms with Crippen LogP contribution in [-0.2, 0) is 13.1 Å². The molecule has 0 unspecified atom stereocenters. The molecule has 11 nitrogen and oxygen atoms in total. The first-order valence-electron chi connectivity index (χ1n) is 16.2. The van der Waals surface area contributed by atoms with Gasteiger partial charge in [-0.1, -0.05) is 47.7 Å². The third kappa shape index (κ3) is 7.73. The van der Waals surface area contributed by atoms with E-state index >= 15 is 0 Å². The molecule has 0 spiro atoms. The maximum Gasteiger partial charge on any atom is 0.263 e. The lowest BCUT2D eigenvalue weighted by atomic mass is 10.1. The van der Waals surface area contributed by atoms with Gasteiger partial charge >= 0.3 is 0 Å². The minimum atomic E-state index is -0.223. The first kappa shape index (κ1) is 33.6. The predicted octanol–water partition coefficient (Wildman–Crippen LogP) is 4.91. The Morgan fingerprint density at radius 2 is 1.78 bits per heavy atom. The monoisotopic (exact) mass is 675 g/mol. The fraction of sp³-hybridized carbons (Fsp3) is 0.270. The highest BCUT2D eigenvalue weighted by molar-refractivity contribution is 6.31. The van der Waals surface area contributed by atoms with Crippen molar-refractivity contribution in [1.29, 1.82) is 0 Å². The number of aromatic nitrogens is 6. The molecular formula is C37H38ClN9O2. The number of nitrogens with one attached hydrogen (secondary N) is 1. The van der Waals surface area contributed by atoms with E-state index in [-0.39, 0.29) is 30.2 Å². The van der Waals surface area contributed by atoms with Gasteiger partial charge in [-0.05, 0) is 81.5 Å². The van der Waals surface area contributed by atoms with Crippen LogP contribution in [0.4, 0.5) is 5.82 Å². The number of nitrogen functional groups attached to an aromatic ring is 1. The molecule has 0 radical (unpaired) electrons. The summed E-state index contributed by atoms with van der Waals surface area (Å²) < 4.78 is 3.30. The quantitative estimate of drug-likeness (QED) is 0.122. The Morgan fingerprint density at radius 3 is 2.57 bits per heavy atom. The van der Waals surface area contributed by atoms with Crippen molar-refractivity contribution in [2.24, 2.45) is 0 Å². The van der Waals surface area contributed by atoms with E-state index in [9.17, 15) is 9.90 Å². The van der Waals surface area contributed by atoms with Crippen LogP contribution in [0.2, 0.25) is 5.02 Å². The van der Waals surface area contributed by atoms with Crippen molar-refractivity contribution in [2.75, 3.05) is 39.5 Å². The third-order valence-corrected chi connectivity index (χ3v) is 8.57. The van der Waals surface area contributed by atoms with Crippen molar-refractivity contribution >= 4 is 39.4 Å². The number of anilines is 1. The number of phenols is 1. The van der Waals surface area contributed by atoms with E-state index < -0.39 is 0 Å². The second-order valence-corrected chi connectivity index (χ2v) is 12.4. The second kappa shape index (κ2) is 15.3. The predicted molar refractivity (Wildman–Crippen MR) is 195 cm³/mol. The maximum absolute atomic E-state index is 14.4. The van der Waals surface area contributed by atoms with Gasteiger partial charge in [0.15, 0.2) is 5.65 Å². The average molecular weight is 676 g/mol. The number of hydrogen-bond donors (Lipinski definition) is 3. The van der Waals surface area contributed by atoms with Crippen LogP contribution in [0.15, 0.2) is 77.9 Å². The summed E-state index contributed by atoms with van der Waals surface area (Å²) in [5, 5.41) is 19.8. The summed E-state index contributed by atoms with van der Waals surface area (Å²) in [6.45, 7) is 3.22. The highest BCUT2D eigenvalue weighted by Gasteiger charge is 2.21. The fourth-order valence-electron chi connectivity index (χ4n) is 5.64. The first-order valence-corrected chi connectivity index (χ1v) is 16.5. The minimum Gasteiger partial charge on any atom is -0.508 e. The Balaban J connectivity index is 1.37. The maximum atomic E-state index is 14.4. The lowest BCUT2D eigenvalue weighted by Gasteiger charge is -2.15. The molecule has 0 aliphatic carbocycles. The summed E-state index contributed by atoms with van der Waals surface area (Å²) in [7, 11) is 4.13. The number of unbranched alkanes of at least 4 members (excludes halogenated alkanes) is 2. The highest BCUT2D eigenvalue weighted by Crippen LogP contribution is 2.31. The molecule has 12 heteroatoms. The van der Waals surface area contributed by atoms with Gasteiger partial charge in [-0.25, -0.2) is 19.6 Å². The molecule has 6 aromatic rings. The third-order valence-electron chi connectivity index (χ3n) is 8.20. The van der Waals surface area contributed by atoms with Crippen molar-refractivity contribution in [3.8, 4) is 28.8 Å². The van der Waals surface area contributed by atoms with E-state index in [1.807, 2.05) is 36.4 Å². The molecule has 0 saturated heterocycles. The zero-order chi connectivity index (χ0) is 34.3. The van der Waals surface area contributed by atoms with Crippen molar-refractivity contribution in [2.45, 2.75) is 32.4 Å². The van der Waals surface area contributed by atoms with Crippen molar-refractivity contribution in [1.82, 2.24) is 39.5 Å². The Morgan fingerprint density at radius 1 is 0.959 bits per heavy atom. The largest absolute Gasteiger partial charge is 0.508 e. The van der Waals surface area contributed by atoms with Gasteiger partial charge in [0.1, 0.15) is 36.0 Å². The number of hydrogen-bond acceptors (Lipinski definition) is 9. The van der Waals surface area contributed by atoms with Crippen LogP contribution < -0.4 is 16.6 Å². The molecule has 0 aliphatic rings. The molecule has 0 saturated carbocycles. The number of fused-ring (bicyclic) bond motifs is 2. The number of phenolic OH excluding ortho intramolecular Hbond substituents is 1. The Labute approximate surface area is 289 Å². The van der Waals surface area contributed by atoms with Gasteiger partial charge in [-0.2, -0.15) is 5.10 Å². The minimum absolute atomic E-state index is 0.110. The number of nitrogens with two attached hydrogens (primary N) is 1. The molecule has 0 aliphatic heterocycles. The van der Waals surface area contributed by atoms with Crippen molar-refractivity contribution in [3.05, 3.63) is 105 Å². The van der Waals surface area contributed by atoms with E-state index in [2.05, 4.69) is 46.1 Å². The van der Waals surface area contributed by atoms with Crippen LogP contribution >= 0.6 is 11.6 Å². The molecule has 0 bridgehead atoms. The fourth-order valence-corrected chi connectivity index (χ4v) is 5.83. The number of halogens is 1. The van der Waals surface area contributed by atoms with Crippen LogP contribution in [-0.4, -0.2) is 73.0 Å². The van der Waals surface area contributed by atoms with E-state index in [0.717, 1.165) is 50.0 Å². The van der Waals surface area contributed by atoms with E-state index in [1.165, 1.54) is 6.33 Å². The van der Waals surface area contributed by atoms with Crippen LogP contribution in [0.25, 0.3) is 33.2 Å². The number of nitrogens with zero attached hydrogens (tertiary/aromatic N) is 7. The Hall–Kier alpha value is -5.28. The summed E-state index contributed by atoms with van der Waals surface area (Å²) in [5.41, 5.74) is 9.83. The number of aromatic hydroxyl groups is 1. The van der Waals surface area contributed by atoms with E-state index in [4.69, 9.17) is 27.4 Å². The average Bonchev–Trinajstić information content (AvgIpc) is 3.46. The molecule has 0 amide bonds. The normalized spacial score (nSPS) is 11.3. The number of rotatable bonds is 12. The SMILES string of the molecule is CN(C)CCNCCCCC#Cc1cccc2nc(Cn3nc(-c4ccc(O)cc4)c4c(N)ncnc43)n(Cc3ccccc3Cl)c(=O)c12. The molecule has 0 atom stereocenters. The van der Waals surface area contributed by atoms with Crippen LogP contribution in [0.5, 0.6) is 5.75 Å². The zero-order valence-corrected chi connectivity index (χ0v) is 28.3. The molecule has 3 aromatic heterocycles. The molecule has 4 N–H and O–H groups in total. The first-order chi connectivity index (χ1) is 23.8. The Bertz CT molecular complexity index is 2220. The number of benzene rings is 3. The molecular weight excluding hydrogens is 638 g/mol.